The van der Waals surface area contributed by atoms with Crippen molar-refractivity contribution in [3.63, 3.8) is 0 Å². The van der Waals surface area contributed by atoms with Crippen molar-refractivity contribution in [2.24, 2.45) is 0 Å². The second-order valence-corrected chi connectivity index (χ2v) is 24.4. The molecule has 0 atom stereocenters. The molecule has 0 saturated carbocycles. The third-order valence-corrected chi connectivity index (χ3v) is 17.2. The number of unbranched alkanes of at least 4 members (excludes halogenated alkanes) is 12. The Hall–Kier alpha value is -10.1. The minimum absolute atomic E-state index is 0.490. The Balaban J connectivity index is 0.863. The first-order valence-electron chi connectivity index (χ1n) is 34.4. The van der Waals surface area contributed by atoms with E-state index in [4.69, 9.17) is 56.2 Å². The maximum atomic E-state index is 6.74. The van der Waals surface area contributed by atoms with Crippen LogP contribution < -0.4 is 78.0 Å². The summed E-state index contributed by atoms with van der Waals surface area (Å²) in [5, 5.41) is 0. The molecule has 0 saturated heterocycles. The molecule has 0 unspecified atom stereocenters. The lowest BCUT2D eigenvalue weighted by Crippen LogP contribution is -2.43. The molecule has 14 aliphatic rings. The first kappa shape index (κ1) is 64.6. The zero-order valence-electron chi connectivity index (χ0n) is 55.2. The van der Waals surface area contributed by atoms with Gasteiger partial charge in [0.05, 0.1) is 70.9 Å². The molecule has 22 rings (SSSR count). The Morgan fingerprint density at radius 1 is 0.240 bits per heavy atom. The molecule has 0 radical (unpaired) electrons. The number of hydrogen-bond donors (Lipinski definition) is 0. The monoisotopic (exact) mass is 1270 g/mol. The maximum absolute atomic E-state index is 6.74. The average Bonchev–Trinajstić information content (AvgIpc) is 1.74. The summed E-state index contributed by atoms with van der Waals surface area (Å²) >= 11 is 0. The predicted molar refractivity (Wildman–Crippen MR) is 381 cm³/mol. The van der Waals surface area contributed by atoms with E-state index in [1.165, 1.54) is 0 Å². The molecule has 14 heterocycles. The van der Waals surface area contributed by atoms with Crippen LogP contribution in [0.3, 0.4) is 0 Å². The Morgan fingerprint density at radius 3 is 0.677 bits per heavy atom. The zero-order valence-corrected chi connectivity index (χ0v) is 55.2. The zero-order chi connectivity index (χ0) is 65.4. The maximum Gasteiger partial charge on any atom is 0.632 e. The molecule has 8 aromatic rings. The molecule has 0 N–H and O–H groups in total. The standard InChI is InChI=1S/C80H76B4O12/c1-5-9-13-17-53-85-77-61-37-33-57-25-21-29-69-73(57)93-81(89-69)65-45-47-67(48-46-65)83-91-71-31-23-27-59(75(71)95-83)35-39-63-43-44-64(80(88-56-20-16-12-8-4)79(63)87-55-19-15-11-7-3)40-36-60-28-24-32-72-76(60)96-84(92-72)68-51-49-66(50-52-68)82-90-70-30-22-26-58(74(70)94-82)34-38-62(42-41-61)78(77)86-54-18-14-10-6-2/h21-32,41-52H,5-20,53-56H2,1-4H3. The van der Waals surface area contributed by atoms with Crippen molar-refractivity contribution >= 4 is 50.3 Å². The summed E-state index contributed by atoms with van der Waals surface area (Å²) in [5.41, 5.74) is 8.56. The Morgan fingerprint density at radius 2 is 0.458 bits per heavy atom. The molecular formula is C80H76B4O12. The van der Waals surface area contributed by atoms with Gasteiger partial charge in [0.2, 0.25) is 0 Å². The fourth-order valence-electron chi connectivity index (χ4n) is 11.9. The van der Waals surface area contributed by atoms with Crippen molar-refractivity contribution in [2.45, 2.75) is 130 Å². The van der Waals surface area contributed by atoms with E-state index in [0.29, 0.717) is 140 Å². The largest absolute Gasteiger partial charge is 0.632 e. The smallest absolute Gasteiger partial charge is 0.519 e. The number of hydrogen-bond acceptors (Lipinski definition) is 12. The van der Waals surface area contributed by atoms with Crippen LogP contribution in [0.5, 0.6) is 69.0 Å². The molecule has 96 heavy (non-hydrogen) atoms. The molecule has 480 valence electrons. The van der Waals surface area contributed by atoms with Gasteiger partial charge in [0.1, 0.15) is 23.0 Å². The van der Waals surface area contributed by atoms with Gasteiger partial charge in [0.25, 0.3) is 0 Å². The summed E-state index contributed by atoms with van der Waals surface area (Å²) in [6, 6.07) is 46.6. The SMILES string of the molecule is CCCCCCOc1c2ccc(c1OCCCCCC)C#Cc1cccc3c1OB(O3)c1ccc(cc1)B1Oc3cccc(c3O1)C#Cc1ccc(c(OCCCCCC)c1OCCCCCC)C#Cc1cccc3c1OB(O3)c1ccc(cc1)B1Oc3cccc(c3O1)C#C2. The van der Waals surface area contributed by atoms with E-state index in [0.717, 1.165) is 125 Å². The quantitative estimate of drug-likeness (QED) is 0.0326. The number of rotatable bonds is 24. The third kappa shape index (κ3) is 15.0. The van der Waals surface area contributed by atoms with Gasteiger partial charge >= 0.3 is 28.5 Å². The average molecular weight is 1270 g/mol. The second-order valence-electron chi connectivity index (χ2n) is 24.4. The molecule has 14 aliphatic heterocycles. The molecule has 0 aromatic heterocycles. The van der Waals surface area contributed by atoms with E-state index in [1.807, 2.05) is 146 Å². The van der Waals surface area contributed by atoms with Gasteiger partial charge in [-0.2, -0.15) is 0 Å². The molecule has 0 fully saturated rings. The van der Waals surface area contributed by atoms with Crippen LogP contribution in [-0.4, -0.2) is 54.9 Å². The van der Waals surface area contributed by atoms with Gasteiger partial charge in [-0.3, -0.25) is 0 Å². The van der Waals surface area contributed by atoms with Gasteiger partial charge < -0.3 is 56.2 Å². The van der Waals surface area contributed by atoms with Crippen LogP contribution in [0.2, 0.25) is 0 Å². The molecule has 8 aromatic carbocycles. The highest BCUT2D eigenvalue weighted by atomic mass is 16.6. The molecule has 0 spiro atoms. The van der Waals surface area contributed by atoms with Gasteiger partial charge in [-0.25, -0.2) is 0 Å². The van der Waals surface area contributed by atoms with E-state index < -0.39 is 28.5 Å². The van der Waals surface area contributed by atoms with Crippen molar-refractivity contribution < 1.29 is 56.2 Å². The molecule has 0 aliphatic carbocycles. The number of benzene rings is 8. The van der Waals surface area contributed by atoms with E-state index >= 15 is 0 Å². The van der Waals surface area contributed by atoms with Gasteiger partial charge in [0.15, 0.2) is 46.0 Å². The first-order chi connectivity index (χ1) is 47.4. The van der Waals surface area contributed by atoms with Gasteiger partial charge in [-0.15, -0.1) is 0 Å². The fourth-order valence-corrected chi connectivity index (χ4v) is 11.9. The van der Waals surface area contributed by atoms with Gasteiger partial charge in [-0.1, -0.05) is 225 Å². The van der Waals surface area contributed by atoms with E-state index in [2.05, 4.69) is 75.1 Å². The van der Waals surface area contributed by atoms with Crippen molar-refractivity contribution in [1.82, 2.24) is 0 Å². The van der Waals surface area contributed by atoms with Crippen LogP contribution in [0, 0.1) is 47.4 Å². The van der Waals surface area contributed by atoms with Crippen molar-refractivity contribution in [1.29, 1.82) is 0 Å². The molecule has 0 amide bonds. The Bertz CT molecular complexity index is 3800. The summed E-state index contributed by atoms with van der Waals surface area (Å²) in [6.45, 7) is 10.8. The van der Waals surface area contributed by atoms with E-state index in [9.17, 15) is 0 Å². The van der Waals surface area contributed by atoms with Crippen LogP contribution in [0.25, 0.3) is 0 Å². The number of para-hydroxylation sites is 4. The molecule has 16 bridgehead atoms. The Kier molecular flexibility index (Phi) is 21.1. The molecule has 16 heteroatoms. The summed E-state index contributed by atoms with van der Waals surface area (Å²) in [7, 11) is -2.91. The highest BCUT2D eigenvalue weighted by molar-refractivity contribution is 6.66. The number of ether oxygens (including phenoxy) is 4. The summed E-state index contributed by atoms with van der Waals surface area (Å²) in [4.78, 5) is 0. The van der Waals surface area contributed by atoms with Gasteiger partial charge in [-0.05, 0) is 98.5 Å². The predicted octanol–water partition coefficient (Wildman–Crippen LogP) is 14.1. The van der Waals surface area contributed by atoms with Gasteiger partial charge in [0, 0.05) is 21.9 Å². The van der Waals surface area contributed by atoms with Crippen molar-refractivity contribution in [2.75, 3.05) is 26.4 Å². The fraction of sp³-hybridized carbons (Fsp3) is 0.300. The highest BCUT2D eigenvalue weighted by Crippen LogP contribution is 2.43. The summed E-state index contributed by atoms with van der Waals surface area (Å²) < 4.78 is 79.4. The summed E-state index contributed by atoms with van der Waals surface area (Å²) in [5.74, 6) is 34.3. The summed E-state index contributed by atoms with van der Waals surface area (Å²) in [6.07, 6.45) is 16.6. The normalized spacial score (nSPS) is 13.0. The first-order valence-corrected chi connectivity index (χ1v) is 34.4. The second kappa shape index (κ2) is 31.4. The Labute approximate surface area is 566 Å². The van der Waals surface area contributed by atoms with Crippen molar-refractivity contribution in [3.05, 3.63) is 190 Å². The minimum Gasteiger partial charge on any atom is -0.519 e. The van der Waals surface area contributed by atoms with E-state index in [-0.39, 0.29) is 0 Å². The molecule has 12 nitrogen and oxygen atoms in total. The molecular weight excluding hydrogens is 1200 g/mol. The van der Waals surface area contributed by atoms with Crippen LogP contribution in [0.1, 0.15) is 175 Å². The topological polar surface area (TPSA) is 111 Å². The lowest BCUT2D eigenvalue weighted by atomic mass is 9.74. The van der Waals surface area contributed by atoms with Crippen LogP contribution in [-0.2, 0) is 0 Å². The van der Waals surface area contributed by atoms with Crippen LogP contribution in [0.15, 0.2) is 146 Å². The third-order valence-electron chi connectivity index (χ3n) is 17.2. The van der Waals surface area contributed by atoms with E-state index in [1.54, 1.807) is 0 Å². The lowest BCUT2D eigenvalue weighted by molar-refractivity contribution is 0.258. The van der Waals surface area contributed by atoms with Crippen LogP contribution in [0.4, 0.5) is 0 Å². The van der Waals surface area contributed by atoms with Crippen molar-refractivity contribution in [3.8, 4) is 116 Å². The minimum atomic E-state index is -0.727. The van der Waals surface area contributed by atoms with Crippen LogP contribution >= 0.6 is 0 Å². The highest BCUT2D eigenvalue weighted by Gasteiger charge is 2.41. The lowest BCUT2D eigenvalue weighted by Gasteiger charge is -2.16.